The third-order valence-electron chi connectivity index (χ3n) is 3.72. The molecule has 19 heavy (non-hydrogen) atoms. The lowest BCUT2D eigenvalue weighted by Gasteiger charge is -2.30. The Morgan fingerprint density at radius 1 is 1.32 bits per heavy atom. The highest BCUT2D eigenvalue weighted by Gasteiger charge is 2.22. The number of nitrogens with one attached hydrogen (secondary N) is 1. The van der Waals surface area contributed by atoms with Crippen LogP contribution in [0.2, 0.25) is 5.02 Å². The Bertz CT molecular complexity index is 480. The van der Waals surface area contributed by atoms with Crippen molar-refractivity contribution in [1.29, 1.82) is 0 Å². The minimum absolute atomic E-state index is 0.638. The van der Waals surface area contributed by atoms with Gasteiger partial charge in [0.05, 0.1) is 0 Å². The van der Waals surface area contributed by atoms with Gasteiger partial charge in [0.2, 0.25) is 0 Å². The van der Waals surface area contributed by atoms with Crippen molar-refractivity contribution >= 4 is 28.1 Å². The molecule has 1 aliphatic heterocycles. The molecular weight excluding hydrogens is 280 g/mol. The normalized spacial score (nSPS) is 20.8. The molecule has 1 aliphatic carbocycles. The van der Waals surface area contributed by atoms with Crippen molar-refractivity contribution in [3.63, 3.8) is 0 Å². The summed E-state index contributed by atoms with van der Waals surface area (Å²) in [5.41, 5.74) is 2.50. The SMILES string of the molecule is O=S1CCN(c2cc(Cl)ccc2CNC2CC2)CC1. The fraction of sp³-hybridized carbons (Fsp3) is 0.571. The Labute approximate surface area is 121 Å². The van der Waals surface area contributed by atoms with E-state index < -0.39 is 10.8 Å². The highest BCUT2D eigenvalue weighted by atomic mass is 35.5. The van der Waals surface area contributed by atoms with Crippen molar-refractivity contribution in [3.8, 4) is 0 Å². The third kappa shape index (κ3) is 3.50. The Morgan fingerprint density at radius 2 is 2.05 bits per heavy atom. The summed E-state index contributed by atoms with van der Waals surface area (Å²) in [5.74, 6) is 1.53. The molecule has 3 nitrogen and oxygen atoms in total. The summed E-state index contributed by atoms with van der Waals surface area (Å²) < 4.78 is 11.5. The first kappa shape index (κ1) is 13.4. The molecule has 3 rings (SSSR count). The Morgan fingerprint density at radius 3 is 2.74 bits per heavy atom. The van der Waals surface area contributed by atoms with Crippen LogP contribution < -0.4 is 10.2 Å². The van der Waals surface area contributed by atoms with E-state index in [0.717, 1.165) is 36.2 Å². The van der Waals surface area contributed by atoms with Crippen LogP contribution in [0, 0.1) is 0 Å². The first-order chi connectivity index (χ1) is 9.22. The molecule has 1 saturated heterocycles. The molecule has 1 aromatic carbocycles. The quantitative estimate of drug-likeness (QED) is 0.924. The van der Waals surface area contributed by atoms with Crippen LogP contribution in [0.4, 0.5) is 5.69 Å². The van der Waals surface area contributed by atoms with Gasteiger partial charge in [0, 0.05) is 58.7 Å². The maximum Gasteiger partial charge on any atom is 0.0427 e. The minimum atomic E-state index is -0.638. The largest absolute Gasteiger partial charge is 0.369 e. The van der Waals surface area contributed by atoms with Crippen molar-refractivity contribution in [1.82, 2.24) is 5.32 Å². The average Bonchev–Trinajstić information content (AvgIpc) is 3.22. The van der Waals surface area contributed by atoms with Gasteiger partial charge in [0.15, 0.2) is 0 Å². The second-order valence-electron chi connectivity index (χ2n) is 5.26. The van der Waals surface area contributed by atoms with Crippen LogP contribution in [0.5, 0.6) is 0 Å². The summed E-state index contributed by atoms with van der Waals surface area (Å²) in [6, 6.07) is 6.81. The molecule has 1 aromatic rings. The van der Waals surface area contributed by atoms with Crippen molar-refractivity contribution in [2.75, 3.05) is 29.5 Å². The highest BCUT2D eigenvalue weighted by Crippen LogP contribution is 2.27. The van der Waals surface area contributed by atoms with E-state index in [1.54, 1.807) is 0 Å². The number of hydrogen-bond acceptors (Lipinski definition) is 3. The molecule has 0 spiro atoms. The Balaban J connectivity index is 1.76. The summed E-state index contributed by atoms with van der Waals surface area (Å²) in [6.45, 7) is 2.63. The standard InChI is InChI=1S/C14H19ClN2OS/c15-12-2-1-11(10-16-13-3-4-13)14(9-12)17-5-7-19(18)8-6-17/h1-2,9,13,16H,3-8,10H2. The molecule has 0 amide bonds. The number of benzene rings is 1. The molecule has 2 fully saturated rings. The fourth-order valence-corrected chi connectivity index (χ4v) is 3.62. The van der Waals surface area contributed by atoms with Gasteiger partial charge in [-0.05, 0) is 30.5 Å². The molecular formula is C14H19ClN2OS. The van der Waals surface area contributed by atoms with Crippen LogP contribution in [0.3, 0.4) is 0 Å². The van der Waals surface area contributed by atoms with Gasteiger partial charge in [-0.3, -0.25) is 4.21 Å². The van der Waals surface area contributed by atoms with Gasteiger partial charge in [-0.1, -0.05) is 17.7 Å². The second-order valence-corrected chi connectivity index (χ2v) is 7.40. The molecule has 5 heteroatoms. The molecule has 0 bridgehead atoms. The van der Waals surface area contributed by atoms with Crippen molar-refractivity contribution < 1.29 is 4.21 Å². The Hall–Kier alpha value is -0.580. The van der Waals surface area contributed by atoms with Crippen molar-refractivity contribution in [2.45, 2.75) is 25.4 Å². The molecule has 1 N–H and O–H groups in total. The molecule has 0 aromatic heterocycles. The zero-order valence-electron chi connectivity index (χ0n) is 10.9. The topological polar surface area (TPSA) is 32.3 Å². The van der Waals surface area contributed by atoms with Gasteiger partial charge in [0.1, 0.15) is 0 Å². The first-order valence-electron chi connectivity index (χ1n) is 6.84. The van der Waals surface area contributed by atoms with Crippen LogP contribution in [0.1, 0.15) is 18.4 Å². The summed E-state index contributed by atoms with van der Waals surface area (Å²) >= 11 is 6.13. The number of anilines is 1. The number of hydrogen-bond donors (Lipinski definition) is 1. The third-order valence-corrected chi connectivity index (χ3v) is 5.24. The van der Waals surface area contributed by atoms with Crippen molar-refractivity contribution in [2.24, 2.45) is 0 Å². The lowest BCUT2D eigenvalue weighted by Crippen LogP contribution is -2.38. The van der Waals surface area contributed by atoms with Gasteiger partial charge < -0.3 is 10.2 Å². The monoisotopic (exact) mass is 298 g/mol. The van der Waals surface area contributed by atoms with Crippen LogP contribution in [-0.4, -0.2) is 34.8 Å². The number of halogens is 1. The van der Waals surface area contributed by atoms with Gasteiger partial charge in [0.25, 0.3) is 0 Å². The molecule has 0 radical (unpaired) electrons. The molecule has 104 valence electrons. The zero-order valence-corrected chi connectivity index (χ0v) is 12.5. The maximum absolute atomic E-state index is 11.5. The molecule has 0 atom stereocenters. The highest BCUT2D eigenvalue weighted by molar-refractivity contribution is 7.85. The van der Waals surface area contributed by atoms with E-state index in [9.17, 15) is 4.21 Å². The summed E-state index contributed by atoms with van der Waals surface area (Å²) in [4.78, 5) is 2.32. The fourth-order valence-electron chi connectivity index (χ4n) is 2.40. The van der Waals surface area contributed by atoms with Crippen molar-refractivity contribution in [3.05, 3.63) is 28.8 Å². The van der Waals surface area contributed by atoms with E-state index >= 15 is 0 Å². The number of nitrogens with zero attached hydrogens (tertiary/aromatic N) is 1. The van der Waals surface area contributed by atoms with E-state index in [4.69, 9.17) is 11.6 Å². The summed E-state index contributed by atoms with van der Waals surface area (Å²) in [7, 11) is -0.638. The molecule has 2 aliphatic rings. The average molecular weight is 299 g/mol. The van der Waals surface area contributed by atoms with Crippen LogP contribution >= 0.6 is 11.6 Å². The number of rotatable bonds is 4. The summed E-state index contributed by atoms with van der Waals surface area (Å²) in [5, 5.41) is 4.33. The van der Waals surface area contributed by atoms with E-state index in [0.29, 0.717) is 6.04 Å². The molecule has 1 saturated carbocycles. The molecule has 0 unspecified atom stereocenters. The zero-order chi connectivity index (χ0) is 13.2. The maximum atomic E-state index is 11.5. The van der Waals surface area contributed by atoms with Crippen LogP contribution in [0.25, 0.3) is 0 Å². The predicted octanol–water partition coefficient (Wildman–Crippen LogP) is 2.16. The van der Waals surface area contributed by atoms with Gasteiger partial charge in [-0.25, -0.2) is 0 Å². The van der Waals surface area contributed by atoms with Gasteiger partial charge in [-0.15, -0.1) is 0 Å². The van der Waals surface area contributed by atoms with Gasteiger partial charge >= 0.3 is 0 Å². The lowest BCUT2D eigenvalue weighted by atomic mass is 10.1. The van der Waals surface area contributed by atoms with Gasteiger partial charge in [-0.2, -0.15) is 0 Å². The van der Waals surface area contributed by atoms with E-state index in [2.05, 4.69) is 16.3 Å². The van der Waals surface area contributed by atoms with E-state index in [1.807, 2.05) is 12.1 Å². The van der Waals surface area contributed by atoms with Crippen LogP contribution in [0.15, 0.2) is 18.2 Å². The predicted molar refractivity (Wildman–Crippen MR) is 81.4 cm³/mol. The Kier molecular flexibility index (Phi) is 4.10. The minimum Gasteiger partial charge on any atom is -0.369 e. The lowest BCUT2D eigenvalue weighted by molar-refractivity contribution is 0.669. The van der Waals surface area contributed by atoms with Crippen LogP contribution in [-0.2, 0) is 17.3 Å². The smallest absolute Gasteiger partial charge is 0.0427 e. The molecule has 1 heterocycles. The second kappa shape index (κ2) is 5.81. The first-order valence-corrected chi connectivity index (χ1v) is 8.71. The van der Waals surface area contributed by atoms with E-state index in [1.165, 1.54) is 24.1 Å². The van der Waals surface area contributed by atoms with E-state index in [-0.39, 0.29) is 0 Å². The summed E-state index contributed by atoms with van der Waals surface area (Å²) in [6.07, 6.45) is 2.59.